The quantitative estimate of drug-likeness (QED) is 0.701. The van der Waals surface area contributed by atoms with E-state index in [0.717, 1.165) is 22.3 Å². The van der Waals surface area contributed by atoms with Gasteiger partial charge >= 0.3 is 12.1 Å². The largest absolute Gasteiger partial charge is 0.480 e. The Labute approximate surface area is 191 Å². The molecule has 0 saturated carbocycles. The van der Waals surface area contributed by atoms with Gasteiger partial charge in [-0.25, -0.2) is 9.59 Å². The number of carbonyl (C=O) groups is 3. The van der Waals surface area contributed by atoms with Gasteiger partial charge in [-0.2, -0.15) is 0 Å². The predicted molar refractivity (Wildman–Crippen MR) is 119 cm³/mol. The Balaban J connectivity index is 1.16. The van der Waals surface area contributed by atoms with Gasteiger partial charge in [0.1, 0.15) is 18.8 Å². The second kappa shape index (κ2) is 8.86. The molecule has 3 aliphatic rings. The lowest BCUT2D eigenvalue weighted by Crippen LogP contribution is -2.59. The SMILES string of the molecule is O=C(NC[C@@H]1CCO[C@@H]1C(=O)N1CCC1C(=O)O)OCC1c2ccccc2-c2ccccc21. The van der Waals surface area contributed by atoms with Crippen LogP contribution in [-0.2, 0) is 19.1 Å². The van der Waals surface area contributed by atoms with Crippen molar-refractivity contribution in [3.05, 3.63) is 59.7 Å². The van der Waals surface area contributed by atoms with Crippen LogP contribution in [0.2, 0.25) is 0 Å². The number of aliphatic carboxylic acids is 1. The number of rotatable bonds is 6. The molecule has 3 atom stereocenters. The molecule has 2 heterocycles. The Kier molecular flexibility index (Phi) is 5.76. The molecule has 0 bridgehead atoms. The molecule has 2 aromatic rings. The van der Waals surface area contributed by atoms with Crippen molar-refractivity contribution >= 4 is 18.0 Å². The maximum Gasteiger partial charge on any atom is 0.407 e. The summed E-state index contributed by atoms with van der Waals surface area (Å²) in [6.07, 6.45) is -0.203. The van der Waals surface area contributed by atoms with Gasteiger partial charge in [0.25, 0.3) is 5.91 Å². The van der Waals surface area contributed by atoms with E-state index in [0.29, 0.717) is 26.0 Å². The normalized spacial score (nSPS) is 23.4. The Bertz CT molecular complexity index is 1040. The molecule has 172 valence electrons. The molecule has 33 heavy (non-hydrogen) atoms. The molecule has 8 nitrogen and oxygen atoms in total. The van der Waals surface area contributed by atoms with Gasteiger partial charge < -0.3 is 24.8 Å². The summed E-state index contributed by atoms with van der Waals surface area (Å²) in [4.78, 5) is 37.8. The monoisotopic (exact) mass is 450 g/mol. The van der Waals surface area contributed by atoms with E-state index in [1.807, 2.05) is 24.3 Å². The summed E-state index contributed by atoms with van der Waals surface area (Å²) in [5.74, 6) is -1.55. The van der Waals surface area contributed by atoms with Crippen molar-refractivity contribution in [1.82, 2.24) is 10.2 Å². The smallest absolute Gasteiger partial charge is 0.407 e. The van der Waals surface area contributed by atoms with Crippen molar-refractivity contribution in [2.24, 2.45) is 5.92 Å². The first-order valence-electron chi connectivity index (χ1n) is 11.3. The standard InChI is InChI=1S/C25H26N2O6/c28-23(27-11-9-21(27)24(29)30)22-15(10-12-32-22)13-26-25(31)33-14-20-18-7-3-1-5-16(18)17-6-2-4-8-19(17)20/h1-8,15,20-22H,9-14H2,(H,26,31)(H,29,30)/t15-,21?,22-/m0/s1. The third-order valence-corrected chi connectivity index (χ3v) is 6.90. The zero-order chi connectivity index (χ0) is 22.9. The summed E-state index contributed by atoms with van der Waals surface area (Å²) in [5, 5.41) is 12.0. The number of amides is 2. The van der Waals surface area contributed by atoms with Crippen LogP contribution in [0.25, 0.3) is 11.1 Å². The lowest BCUT2D eigenvalue weighted by atomic mass is 9.96. The zero-order valence-corrected chi connectivity index (χ0v) is 18.1. The number of ether oxygens (including phenoxy) is 2. The van der Waals surface area contributed by atoms with Crippen LogP contribution in [0.15, 0.2) is 48.5 Å². The van der Waals surface area contributed by atoms with E-state index in [-0.39, 0.29) is 30.9 Å². The summed E-state index contributed by atoms with van der Waals surface area (Å²) in [6, 6.07) is 15.5. The summed E-state index contributed by atoms with van der Waals surface area (Å²) < 4.78 is 11.1. The Morgan fingerprint density at radius 1 is 1.03 bits per heavy atom. The lowest BCUT2D eigenvalue weighted by Gasteiger charge is -2.39. The third-order valence-electron chi connectivity index (χ3n) is 6.90. The number of carboxylic acid groups (broad SMARTS) is 1. The van der Waals surface area contributed by atoms with Crippen molar-refractivity contribution in [3.8, 4) is 11.1 Å². The van der Waals surface area contributed by atoms with E-state index < -0.39 is 24.2 Å². The first-order chi connectivity index (χ1) is 16.0. The fraction of sp³-hybridized carbons (Fsp3) is 0.400. The number of hydrogen-bond donors (Lipinski definition) is 2. The number of nitrogens with zero attached hydrogens (tertiary/aromatic N) is 1. The summed E-state index contributed by atoms with van der Waals surface area (Å²) in [7, 11) is 0. The molecule has 0 radical (unpaired) electrons. The number of carboxylic acids is 1. The minimum Gasteiger partial charge on any atom is -0.480 e. The maximum absolute atomic E-state index is 12.7. The highest BCUT2D eigenvalue weighted by atomic mass is 16.5. The van der Waals surface area contributed by atoms with Gasteiger partial charge in [0.2, 0.25) is 0 Å². The van der Waals surface area contributed by atoms with Gasteiger partial charge in [0, 0.05) is 31.5 Å². The van der Waals surface area contributed by atoms with Crippen LogP contribution < -0.4 is 5.32 Å². The van der Waals surface area contributed by atoms with Gasteiger partial charge in [0.15, 0.2) is 0 Å². The van der Waals surface area contributed by atoms with Crippen molar-refractivity contribution < 1.29 is 29.0 Å². The second-order valence-corrected chi connectivity index (χ2v) is 8.72. The number of alkyl carbamates (subject to hydrolysis) is 1. The maximum atomic E-state index is 12.7. The van der Waals surface area contributed by atoms with Crippen LogP contribution in [0.1, 0.15) is 29.9 Å². The highest BCUT2D eigenvalue weighted by Crippen LogP contribution is 2.44. The van der Waals surface area contributed by atoms with Crippen molar-refractivity contribution in [1.29, 1.82) is 0 Å². The van der Waals surface area contributed by atoms with E-state index in [1.54, 1.807) is 0 Å². The predicted octanol–water partition coefficient (Wildman–Crippen LogP) is 2.62. The summed E-state index contributed by atoms with van der Waals surface area (Å²) >= 11 is 0. The van der Waals surface area contributed by atoms with E-state index in [1.165, 1.54) is 4.90 Å². The van der Waals surface area contributed by atoms with E-state index in [4.69, 9.17) is 9.47 Å². The van der Waals surface area contributed by atoms with Gasteiger partial charge in [-0.1, -0.05) is 48.5 Å². The highest BCUT2D eigenvalue weighted by molar-refractivity contribution is 5.88. The number of carbonyl (C=O) groups excluding carboxylic acids is 2. The molecule has 2 fully saturated rings. The fourth-order valence-corrected chi connectivity index (χ4v) is 5.05. The zero-order valence-electron chi connectivity index (χ0n) is 18.1. The average Bonchev–Trinajstić information content (AvgIpc) is 3.38. The number of benzene rings is 2. The molecule has 2 amide bonds. The molecule has 2 aromatic carbocycles. The number of fused-ring (bicyclic) bond motifs is 3. The molecule has 1 unspecified atom stereocenters. The van der Waals surface area contributed by atoms with Crippen LogP contribution in [-0.4, -0.2) is 66.4 Å². The van der Waals surface area contributed by atoms with Crippen LogP contribution in [0.5, 0.6) is 0 Å². The molecule has 5 rings (SSSR count). The number of nitrogens with one attached hydrogen (secondary N) is 1. The Morgan fingerprint density at radius 3 is 2.30 bits per heavy atom. The molecular formula is C25H26N2O6. The van der Waals surface area contributed by atoms with Gasteiger partial charge in [-0.3, -0.25) is 4.79 Å². The number of hydrogen-bond acceptors (Lipinski definition) is 5. The molecule has 0 aromatic heterocycles. The van der Waals surface area contributed by atoms with Gasteiger partial charge in [-0.05, 0) is 35.1 Å². The Morgan fingerprint density at radius 2 is 1.70 bits per heavy atom. The molecule has 2 aliphatic heterocycles. The number of likely N-dealkylation sites (tertiary alicyclic amines) is 1. The minimum atomic E-state index is -0.999. The molecular weight excluding hydrogens is 424 g/mol. The highest BCUT2D eigenvalue weighted by Gasteiger charge is 2.44. The van der Waals surface area contributed by atoms with Crippen molar-refractivity contribution in [2.75, 3.05) is 26.3 Å². The van der Waals surface area contributed by atoms with Crippen LogP contribution in [0.4, 0.5) is 4.79 Å². The van der Waals surface area contributed by atoms with Gasteiger partial charge in [-0.15, -0.1) is 0 Å². The average molecular weight is 450 g/mol. The van der Waals surface area contributed by atoms with Gasteiger partial charge in [0.05, 0.1) is 0 Å². The molecule has 0 spiro atoms. The summed E-state index contributed by atoms with van der Waals surface area (Å²) in [6.45, 7) is 1.28. The molecule has 2 saturated heterocycles. The topological polar surface area (TPSA) is 105 Å². The van der Waals surface area contributed by atoms with Crippen LogP contribution >= 0.6 is 0 Å². The van der Waals surface area contributed by atoms with Crippen LogP contribution in [0.3, 0.4) is 0 Å². The second-order valence-electron chi connectivity index (χ2n) is 8.72. The molecule has 1 aliphatic carbocycles. The first kappa shape index (κ1) is 21.5. The van der Waals surface area contributed by atoms with E-state index in [9.17, 15) is 19.5 Å². The van der Waals surface area contributed by atoms with Crippen molar-refractivity contribution in [3.63, 3.8) is 0 Å². The lowest BCUT2D eigenvalue weighted by molar-refractivity contribution is -0.163. The first-order valence-corrected chi connectivity index (χ1v) is 11.3. The fourth-order valence-electron chi connectivity index (χ4n) is 5.05. The Hall–Kier alpha value is -3.39. The van der Waals surface area contributed by atoms with Crippen molar-refractivity contribution in [2.45, 2.75) is 30.9 Å². The van der Waals surface area contributed by atoms with E-state index >= 15 is 0 Å². The molecule has 8 heteroatoms. The minimum absolute atomic E-state index is 0.0216. The van der Waals surface area contributed by atoms with Crippen LogP contribution in [0, 0.1) is 5.92 Å². The molecule has 2 N–H and O–H groups in total. The summed E-state index contributed by atoms with van der Waals surface area (Å²) in [5.41, 5.74) is 4.61. The van der Waals surface area contributed by atoms with E-state index in [2.05, 4.69) is 29.6 Å². The third kappa shape index (κ3) is 3.95.